The summed E-state index contributed by atoms with van der Waals surface area (Å²) in [5.41, 5.74) is 4.93. The van der Waals surface area contributed by atoms with Crippen molar-refractivity contribution in [1.29, 1.82) is 0 Å². The van der Waals surface area contributed by atoms with Gasteiger partial charge >= 0.3 is 0 Å². The number of nitrogens with zero attached hydrogens (tertiary/aromatic N) is 1. The number of allylic oxidation sites excluding steroid dienone is 4. The van der Waals surface area contributed by atoms with Crippen molar-refractivity contribution in [2.45, 2.75) is 19.8 Å². The number of thiophene rings is 1. The Morgan fingerprint density at radius 2 is 1.97 bits per heavy atom. The SMILES string of the molecule is CNC1=CC(C)=C(c2cc3ccc(Nc4ccc(OCCF)cc4)nc3s2)CC1. The van der Waals surface area contributed by atoms with E-state index in [0.29, 0.717) is 5.75 Å². The molecule has 4 rings (SSSR count). The summed E-state index contributed by atoms with van der Waals surface area (Å²) in [5, 5.41) is 7.75. The predicted octanol–water partition coefficient (Wildman–Crippen LogP) is 6.06. The Morgan fingerprint density at radius 1 is 1.14 bits per heavy atom. The van der Waals surface area contributed by atoms with E-state index in [9.17, 15) is 4.39 Å². The first-order valence-electron chi connectivity index (χ1n) is 9.71. The molecular weight excluding hydrogens is 385 g/mol. The summed E-state index contributed by atoms with van der Waals surface area (Å²) in [4.78, 5) is 7.11. The number of pyridine rings is 1. The van der Waals surface area contributed by atoms with Gasteiger partial charge in [0.05, 0.1) is 0 Å². The van der Waals surface area contributed by atoms with Gasteiger partial charge in [0.15, 0.2) is 0 Å². The van der Waals surface area contributed by atoms with Crippen LogP contribution in [0, 0.1) is 0 Å². The normalized spacial score (nSPS) is 14.1. The number of hydrogen-bond acceptors (Lipinski definition) is 5. The second-order valence-electron chi connectivity index (χ2n) is 6.97. The second-order valence-corrected chi connectivity index (χ2v) is 8.00. The monoisotopic (exact) mass is 409 g/mol. The van der Waals surface area contributed by atoms with E-state index < -0.39 is 6.67 Å². The number of aromatic nitrogens is 1. The number of rotatable bonds is 7. The maximum absolute atomic E-state index is 12.2. The zero-order chi connectivity index (χ0) is 20.2. The van der Waals surface area contributed by atoms with Crippen LogP contribution in [0.4, 0.5) is 15.9 Å². The molecule has 1 aromatic carbocycles. The van der Waals surface area contributed by atoms with Crippen molar-refractivity contribution in [1.82, 2.24) is 10.3 Å². The van der Waals surface area contributed by atoms with E-state index in [2.05, 4.69) is 35.8 Å². The van der Waals surface area contributed by atoms with E-state index in [0.717, 1.165) is 34.6 Å². The van der Waals surface area contributed by atoms with Crippen LogP contribution in [0.5, 0.6) is 5.75 Å². The fourth-order valence-corrected chi connectivity index (χ4v) is 4.64. The standard InChI is InChI=1S/C23H24FN3OS/c1-15-13-18(25-2)6-9-20(15)21-14-16-3-10-22(27-23(16)29-21)26-17-4-7-19(8-5-17)28-12-11-24/h3-5,7-8,10,13-14,25H,6,9,11-12H2,1-2H3,(H,26,27). The van der Waals surface area contributed by atoms with Crippen molar-refractivity contribution in [2.75, 3.05) is 25.6 Å². The summed E-state index contributed by atoms with van der Waals surface area (Å²) in [6.45, 7) is 1.77. The molecule has 29 heavy (non-hydrogen) atoms. The van der Waals surface area contributed by atoms with E-state index in [4.69, 9.17) is 9.72 Å². The minimum atomic E-state index is -0.490. The molecule has 0 spiro atoms. The van der Waals surface area contributed by atoms with Crippen molar-refractivity contribution in [3.8, 4) is 5.75 Å². The van der Waals surface area contributed by atoms with Gasteiger partial charge in [0, 0.05) is 28.7 Å². The molecule has 2 aromatic heterocycles. The molecule has 2 N–H and O–H groups in total. The van der Waals surface area contributed by atoms with E-state index in [1.165, 1.54) is 21.7 Å². The summed E-state index contributed by atoms with van der Waals surface area (Å²) >= 11 is 1.74. The van der Waals surface area contributed by atoms with Crippen molar-refractivity contribution in [2.24, 2.45) is 0 Å². The molecule has 0 bridgehead atoms. The molecule has 0 radical (unpaired) electrons. The lowest BCUT2D eigenvalue weighted by Gasteiger charge is -2.17. The van der Waals surface area contributed by atoms with Gasteiger partial charge < -0.3 is 15.4 Å². The number of benzene rings is 1. The third-order valence-electron chi connectivity index (χ3n) is 4.99. The van der Waals surface area contributed by atoms with Gasteiger partial charge in [-0.1, -0.05) is 0 Å². The maximum atomic E-state index is 12.2. The Balaban J connectivity index is 1.54. The molecule has 0 amide bonds. The van der Waals surface area contributed by atoms with E-state index in [-0.39, 0.29) is 6.61 Å². The first-order valence-corrected chi connectivity index (χ1v) is 10.5. The molecule has 0 unspecified atom stereocenters. The van der Waals surface area contributed by atoms with Crippen molar-refractivity contribution >= 4 is 38.6 Å². The van der Waals surface area contributed by atoms with Gasteiger partial charge in [-0.2, -0.15) is 0 Å². The Kier molecular flexibility index (Phi) is 5.81. The highest BCUT2D eigenvalue weighted by Gasteiger charge is 2.15. The summed E-state index contributed by atoms with van der Waals surface area (Å²) < 4.78 is 17.5. The molecule has 0 saturated carbocycles. The smallest absolute Gasteiger partial charge is 0.132 e. The Bertz CT molecular complexity index is 1070. The molecule has 1 aliphatic carbocycles. The summed E-state index contributed by atoms with van der Waals surface area (Å²) in [6, 6.07) is 13.8. The van der Waals surface area contributed by atoms with Crippen LogP contribution in [0.3, 0.4) is 0 Å². The van der Waals surface area contributed by atoms with Crippen LogP contribution in [0.1, 0.15) is 24.6 Å². The molecule has 0 atom stereocenters. The third kappa shape index (κ3) is 4.43. The van der Waals surface area contributed by atoms with Crippen LogP contribution in [0.15, 0.2) is 59.8 Å². The average molecular weight is 410 g/mol. The first-order chi connectivity index (χ1) is 14.2. The Morgan fingerprint density at radius 3 is 2.69 bits per heavy atom. The van der Waals surface area contributed by atoms with Crippen LogP contribution >= 0.6 is 11.3 Å². The van der Waals surface area contributed by atoms with Crippen molar-refractivity contribution in [3.05, 3.63) is 64.7 Å². The molecule has 0 saturated heterocycles. The number of alkyl halides is 1. The average Bonchev–Trinajstić information content (AvgIpc) is 3.16. The molecule has 4 nitrogen and oxygen atoms in total. The molecule has 2 heterocycles. The zero-order valence-electron chi connectivity index (χ0n) is 16.6. The number of hydrogen-bond donors (Lipinski definition) is 2. The van der Waals surface area contributed by atoms with Crippen LogP contribution in [-0.4, -0.2) is 25.3 Å². The third-order valence-corrected chi connectivity index (χ3v) is 6.09. The highest BCUT2D eigenvalue weighted by atomic mass is 32.1. The lowest BCUT2D eigenvalue weighted by molar-refractivity contribution is 0.273. The number of anilines is 2. The van der Waals surface area contributed by atoms with E-state index in [1.54, 1.807) is 11.3 Å². The summed E-state index contributed by atoms with van der Waals surface area (Å²) in [6.07, 6.45) is 4.33. The van der Waals surface area contributed by atoms with Crippen LogP contribution in [0.2, 0.25) is 0 Å². The molecule has 6 heteroatoms. The van der Waals surface area contributed by atoms with Gasteiger partial charge in [-0.15, -0.1) is 11.3 Å². The second kappa shape index (κ2) is 8.66. The van der Waals surface area contributed by atoms with Crippen molar-refractivity contribution < 1.29 is 9.13 Å². The predicted molar refractivity (Wildman–Crippen MR) is 120 cm³/mol. The number of ether oxygens (including phenoxy) is 1. The minimum absolute atomic E-state index is 0.0771. The maximum Gasteiger partial charge on any atom is 0.132 e. The van der Waals surface area contributed by atoms with Gasteiger partial charge in [0.1, 0.15) is 29.7 Å². The lowest BCUT2D eigenvalue weighted by atomic mass is 9.95. The number of nitrogens with one attached hydrogen (secondary N) is 2. The van der Waals surface area contributed by atoms with Gasteiger partial charge in [-0.3, -0.25) is 0 Å². The Hall–Kier alpha value is -2.86. The van der Waals surface area contributed by atoms with E-state index in [1.807, 2.05) is 37.4 Å². The fourth-order valence-electron chi connectivity index (χ4n) is 3.47. The highest BCUT2D eigenvalue weighted by molar-refractivity contribution is 7.19. The molecule has 3 aromatic rings. The summed E-state index contributed by atoms with van der Waals surface area (Å²) in [5.74, 6) is 1.46. The largest absolute Gasteiger partial charge is 0.491 e. The molecule has 150 valence electrons. The highest BCUT2D eigenvalue weighted by Crippen LogP contribution is 2.37. The van der Waals surface area contributed by atoms with Gasteiger partial charge in [0.25, 0.3) is 0 Å². The van der Waals surface area contributed by atoms with Crippen LogP contribution in [-0.2, 0) is 0 Å². The minimum Gasteiger partial charge on any atom is -0.491 e. The van der Waals surface area contributed by atoms with Gasteiger partial charge in [0.2, 0.25) is 0 Å². The molecule has 1 aliphatic rings. The number of fused-ring (bicyclic) bond motifs is 1. The van der Waals surface area contributed by atoms with E-state index >= 15 is 0 Å². The molecule has 0 aliphatic heterocycles. The quantitative estimate of drug-likeness (QED) is 0.498. The van der Waals surface area contributed by atoms with Crippen molar-refractivity contribution in [3.63, 3.8) is 0 Å². The topological polar surface area (TPSA) is 46.2 Å². The first kappa shape index (κ1) is 19.5. The van der Waals surface area contributed by atoms with Gasteiger partial charge in [-0.25, -0.2) is 9.37 Å². The summed E-state index contributed by atoms with van der Waals surface area (Å²) in [7, 11) is 1.98. The lowest BCUT2D eigenvalue weighted by Crippen LogP contribution is -2.09. The number of halogens is 1. The Labute approximate surface area is 174 Å². The molecule has 0 fully saturated rings. The fraction of sp³-hybridized carbons (Fsp3) is 0.261. The molecular formula is C23H24FN3OS. The van der Waals surface area contributed by atoms with Gasteiger partial charge in [-0.05, 0) is 79.5 Å². The van der Waals surface area contributed by atoms with Crippen LogP contribution < -0.4 is 15.4 Å². The van der Waals surface area contributed by atoms with Crippen LogP contribution in [0.25, 0.3) is 15.8 Å². The zero-order valence-corrected chi connectivity index (χ0v) is 17.4.